The smallest absolute Gasteiger partial charge is 0.282 e. The number of nitrogens with zero attached hydrogens (tertiary/aromatic N) is 3. The van der Waals surface area contributed by atoms with Crippen LogP contribution >= 0.6 is 11.6 Å². The highest BCUT2D eigenvalue weighted by Gasteiger charge is 2.21. The van der Waals surface area contributed by atoms with Crippen molar-refractivity contribution in [1.82, 2.24) is 15.0 Å². The Kier molecular flexibility index (Phi) is 3.66. The number of carbonyl (C=O) groups is 1. The Labute approximate surface area is 106 Å². The molecule has 0 fully saturated rings. The van der Waals surface area contributed by atoms with Crippen molar-refractivity contribution in [2.45, 2.75) is 13.0 Å². The molecule has 0 saturated heterocycles. The minimum atomic E-state index is -2.81. The summed E-state index contributed by atoms with van der Waals surface area (Å²) >= 11 is 5.80. The molecule has 0 aliphatic heterocycles. The molecule has 0 aliphatic carbocycles. The van der Waals surface area contributed by atoms with Gasteiger partial charge in [0.05, 0.1) is 6.54 Å². The van der Waals surface area contributed by atoms with Crippen LogP contribution in [-0.2, 0) is 6.54 Å². The molecule has 0 spiro atoms. The van der Waals surface area contributed by atoms with E-state index in [0.717, 1.165) is 4.68 Å². The van der Waals surface area contributed by atoms with Crippen LogP contribution < -0.4 is 0 Å². The molecule has 4 nitrogen and oxygen atoms in total. The first-order valence-electron chi connectivity index (χ1n) is 5.03. The van der Waals surface area contributed by atoms with Crippen molar-refractivity contribution in [3.05, 3.63) is 46.2 Å². The summed E-state index contributed by atoms with van der Waals surface area (Å²) in [5, 5.41) is 7.45. The molecule has 0 N–H and O–H groups in total. The van der Waals surface area contributed by atoms with Crippen molar-refractivity contribution >= 4 is 17.9 Å². The van der Waals surface area contributed by atoms with E-state index in [-0.39, 0.29) is 18.5 Å². The van der Waals surface area contributed by atoms with Crippen molar-refractivity contribution in [2.75, 3.05) is 0 Å². The van der Waals surface area contributed by atoms with Gasteiger partial charge in [-0.15, -0.1) is 5.10 Å². The number of hydrogen-bond donors (Lipinski definition) is 0. The molecule has 2 rings (SSSR count). The number of rotatable bonds is 4. The quantitative estimate of drug-likeness (QED) is 0.804. The van der Waals surface area contributed by atoms with Gasteiger partial charge >= 0.3 is 0 Å². The number of alkyl halides is 2. The van der Waals surface area contributed by atoms with Gasteiger partial charge in [-0.2, -0.15) is 0 Å². The Morgan fingerprint density at radius 3 is 2.83 bits per heavy atom. The Hall–Kier alpha value is -1.82. The maximum absolute atomic E-state index is 12.8. The zero-order valence-electron chi connectivity index (χ0n) is 9.05. The van der Waals surface area contributed by atoms with Crippen LogP contribution in [0.1, 0.15) is 28.2 Å². The predicted octanol–water partition coefficient (Wildman–Crippen LogP) is 2.73. The summed E-state index contributed by atoms with van der Waals surface area (Å²) in [5.41, 5.74) is -0.122. The molecule has 94 valence electrons. The summed E-state index contributed by atoms with van der Waals surface area (Å²) in [7, 11) is 0. The standard InChI is InChI=1S/C11H8ClF2N3O/c12-8-3-1-2-7(4-8)5-17-10(11(13)14)9(6-18)15-16-17/h1-4,6,11H,5H2. The van der Waals surface area contributed by atoms with Gasteiger partial charge in [-0.25, -0.2) is 13.5 Å². The van der Waals surface area contributed by atoms with Crippen LogP contribution in [0.5, 0.6) is 0 Å². The third-order valence-electron chi connectivity index (χ3n) is 2.34. The van der Waals surface area contributed by atoms with Crippen molar-refractivity contribution in [1.29, 1.82) is 0 Å². The fourth-order valence-corrected chi connectivity index (χ4v) is 1.78. The fraction of sp³-hybridized carbons (Fsp3) is 0.182. The van der Waals surface area contributed by atoms with Gasteiger partial charge in [0, 0.05) is 5.02 Å². The molecule has 18 heavy (non-hydrogen) atoms. The van der Waals surface area contributed by atoms with E-state index in [9.17, 15) is 13.6 Å². The number of carbonyl (C=O) groups excluding carboxylic acids is 1. The average Bonchev–Trinajstić information content (AvgIpc) is 2.72. The highest BCUT2D eigenvalue weighted by Crippen LogP contribution is 2.21. The van der Waals surface area contributed by atoms with Crippen LogP contribution in [-0.4, -0.2) is 21.3 Å². The van der Waals surface area contributed by atoms with Gasteiger partial charge in [-0.3, -0.25) is 4.79 Å². The molecule has 1 heterocycles. The molecule has 0 radical (unpaired) electrons. The van der Waals surface area contributed by atoms with Gasteiger partial charge in [0.2, 0.25) is 0 Å². The minimum absolute atomic E-state index is 0.0844. The van der Waals surface area contributed by atoms with E-state index in [1.165, 1.54) is 0 Å². The summed E-state index contributed by atoms with van der Waals surface area (Å²) < 4.78 is 26.6. The van der Waals surface area contributed by atoms with Gasteiger partial charge in [-0.05, 0) is 17.7 Å². The van der Waals surface area contributed by atoms with Crippen LogP contribution in [0.3, 0.4) is 0 Å². The highest BCUT2D eigenvalue weighted by molar-refractivity contribution is 6.30. The zero-order chi connectivity index (χ0) is 13.1. The summed E-state index contributed by atoms with van der Waals surface area (Å²) in [4.78, 5) is 10.6. The Morgan fingerprint density at radius 1 is 1.44 bits per heavy atom. The lowest BCUT2D eigenvalue weighted by molar-refractivity contribution is 0.109. The van der Waals surface area contributed by atoms with E-state index in [4.69, 9.17) is 11.6 Å². The van der Waals surface area contributed by atoms with Gasteiger partial charge in [-0.1, -0.05) is 28.9 Å². The average molecular weight is 272 g/mol. The molecule has 7 heteroatoms. The summed E-state index contributed by atoms with van der Waals surface area (Å²) in [6, 6.07) is 6.75. The van der Waals surface area contributed by atoms with Gasteiger partial charge < -0.3 is 0 Å². The first kappa shape index (κ1) is 12.6. The molecule has 1 aromatic carbocycles. The van der Waals surface area contributed by atoms with E-state index < -0.39 is 12.1 Å². The Bertz CT molecular complexity index is 571. The van der Waals surface area contributed by atoms with Crippen molar-refractivity contribution in [2.24, 2.45) is 0 Å². The largest absolute Gasteiger partial charge is 0.296 e. The molecular weight excluding hydrogens is 264 g/mol. The van der Waals surface area contributed by atoms with E-state index in [2.05, 4.69) is 10.3 Å². The third-order valence-corrected chi connectivity index (χ3v) is 2.58. The van der Waals surface area contributed by atoms with Gasteiger partial charge in [0.25, 0.3) is 6.43 Å². The zero-order valence-corrected chi connectivity index (χ0v) is 9.81. The van der Waals surface area contributed by atoms with E-state index in [1.54, 1.807) is 24.3 Å². The SMILES string of the molecule is O=Cc1nnn(Cc2cccc(Cl)c2)c1C(F)F. The summed E-state index contributed by atoms with van der Waals surface area (Å²) in [5.74, 6) is 0. The van der Waals surface area contributed by atoms with E-state index in [1.807, 2.05) is 0 Å². The number of halogens is 3. The van der Waals surface area contributed by atoms with Crippen molar-refractivity contribution in [3.8, 4) is 0 Å². The van der Waals surface area contributed by atoms with E-state index >= 15 is 0 Å². The molecule has 0 saturated carbocycles. The molecule has 0 unspecified atom stereocenters. The number of hydrogen-bond acceptors (Lipinski definition) is 3. The second-order valence-electron chi connectivity index (χ2n) is 3.57. The monoisotopic (exact) mass is 271 g/mol. The van der Waals surface area contributed by atoms with Gasteiger partial charge in [0.15, 0.2) is 12.0 Å². The molecule has 0 atom stereocenters. The highest BCUT2D eigenvalue weighted by atomic mass is 35.5. The van der Waals surface area contributed by atoms with Crippen molar-refractivity contribution in [3.63, 3.8) is 0 Å². The lowest BCUT2D eigenvalue weighted by Crippen LogP contribution is -2.07. The normalized spacial score (nSPS) is 10.9. The molecule has 0 amide bonds. The maximum atomic E-state index is 12.8. The first-order chi connectivity index (χ1) is 8.61. The summed E-state index contributed by atoms with van der Waals surface area (Å²) in [6.45, 7) is 0.0844. The lowest BCUT2D eigenvalue weighted by atomic mass is 10.2. The second kappa shape index (κ2) is 5.22. The Balaban J connectivity index is 2.34. The number of aromatic nitrogens is 3. The predicted molar refractivity (Wildman–Crippen MR) is 60.9 cm³/mol. The maximum Gasteiger partial charge on any atom is 0.282 e. The molecule has 0 aliphatic rings. The number of benzene rings is 1. The van der Waals surface area contributed by atoms with Crippen LogP contribution in [0.2, 0.25) is 5.02 Å². The van der Waals surface area contributed by atoms with Crippen LogP contribution in [0.15, 0.2) is 24.3 Å². The molecule has 1 aromatic heterocycles. The van der Waals surface area contributed by atoms with Crippen LogP contribution in [0.25, 0.3) is 0 Å². The first-order valence-corrected chi connectivity index (χ1v) is 5.40. The molecule has 2 aromatic rings. The minimum Gasteiger partial charge on any atom is -0.296 e. The summed E-state index contributed by atoms with van der Waals surface area (Å²) in [6.07, 6.45) is -2.54. The topological polar surface area (TPSA) is 47.8 Å². The fourth-order valence-electron chi connectivity index (χ4n) is 1.57. The van der Waals surface area contributed by atoms with Gasteiger partial charge in [0.1, 0.15) is 5.69 Å². The Morgan fingerprint density at radius 2 is 2.22 bits per heavy atom. The van der Waals surface area contributed by atoms with Crippen LogP contribution in [0.4, 0.5) is 8.78 Å². The third kappa shape index (κ3) is 2.53. The number of aldehydes is 1. The molecular formula is C11H8ClF2N3O. The second-order valence-corrected chi connectivity index (χ2v) is 4.00. The lowest BCUT2D eigenvalue weighted by Gasteiger charge is -2.06. The van der Waals surface area contributed by atoms with Crippen LogP contribution in [0, 0.1) is 0 Å². The molecule has 0 bridgehead atoms. The van der Waals surface area contributed by atoms with E-state index in [0.29, 0.717) is 10.6 Å². The van der Waals surface area contributed by atoms with Crippen molar-refractivity contribution < 1.29 is 13.6 Å².